The van der Waals surface area contributed by atoms with Crippen LogP contribution in [0.1, 0.15) is 10.4 Å². The van der Waals surface area contributed by atoms with E-state index in [9.17, 15) is 9.90 Å². The lowest BCUT2D eigenvalue weighted by Crippen LogP contribution is -2.11. The van der Waals surface area contributed by atoms with Gasteiger partial charge >= 0.3 is 0 Å². The van der Waals surface area contributed by atoms with Gasteiger partial charge in [0.15, 0.2) is 0 Å². The zero-order valence-electron chi connectivity index (χ0n) is 9.02. The van der Waals surface area contributed by atoms with E-state index in [1.54, 1.807) is 12.1 Å². The zero-order valence-corrected chi connectivity index (χ0v) is 11.4. The largest absolute Gasteiger partial charge is 0.506 e. The number of phenols is 1. The molecule has 18 heavy (non-hydrogen) atoms. The highest BCUT2D eigenvalue weighted by Crippen LogP contribution is 2.24. The number of hydrogen-bond donors (Lipinski definition) is 2. The fourth-order valence-corrected chi connectivity index (χ4v) is 1.72. The maximum Gasteiger partial charge on any atom is 0.255 e. The molecule has 0 unspecified atom stereocenters. The normalized spacial score (nSPS) is 10.1. The molecule has 0 spiro atoms. The lowest BCUT2D eigenvalue weighted by atomic mass is 10.2. The molecule has 1 aromatic carbocycles. The first kappa shape index (κ1) is 12.9. The number of aromatic nitrogens is 1. The van der Waals surface area contributed by atoms with E-state index in [1.165, 1.54) is 24.4 Å². The molecular formula is C12H8BrClN2O2. The van der Waals surface area contributed by atoms with Gasteiger partial charge in [0, 0.05) is 5.56 Å². The molecular weight excluding hydrogens is 320 g/mol. The number of nitrogens with one attached hydrogen (secondary N) is 1. The summed E-state index contributed by atoms with van der Waals surface area (Å²) in [6, 6.07) is 7.70. The minimum absolute atomic E-state index is 0.0569. The molecule has 92 valence electrons. The summed E-state index contributed by atoms with van der Waals surface area (Å²) in [5.74, 6) is -0.375. The van der Waals surface area contributed by atoms with E-state index in [1.807, 2.05) is 0 Å². The molecule has 2 aromatic rings. The molecule has 0 fully saturated rings. The topological polar surface area (TPSA) is 62.2 Å². The summed E-state index contributed by atoms with van der Waals surface area (Å²) in [6.45, 7) is 0. The van der Waals surface area contributed by atoms with Gasteiger partial charge in [-0.25, -0.2) is 4.98 Å². The third-order valence-corrected chi connectivity index (χ3v) is 2.97. The molecule has 2 rings (SSSR count). The highest BCUT2D eigenvalue weighted by Gasteiger charge is 2.08. The van der Waals surface area contributed by atoms with Gasteiger partial charge in [0.1, 0.15) is 10.4 Å². The minimum atomic E-state index is -0.318. The fourth-order valence-electron chi connectivity index (χ4n) is 1.30. The number of carbonyl (C=O) groups is 1. The molecule has 0 radical (unpaired) electrons. The first-order chi connectivity index (χ1) is 8.56. The van der Waals surface area contributed by atoms with Gasteiger partial charge < -0.3 is 10.4 Å². The molecule has 6 heteroatoms. The van der Waals surface area contributed by atoms with Crippen molar-refractivity contribution in [3.8, 4) is 5.75 Å². The predicted molar refractivity (Wildman–Crippen MR) is 73.0 cm³/mol. The van der Waals surface area contributed by atoms with Crippen molar-refractivity contribution in [3.05, 3.63) is 51.7 Å². The molecule has 1 heterocycles. The van der Waals surface area contributed by atoms with Crippen LogP contribution in [0.3, 0.4) is 0 Å². The Kier molecular flexibility index (Phi) is 3.84. The number of pyridine rings is 1. The summed E-state index contributed by atoms with van der Waals surface area (Å²) >= 11 is 8.94. The third kappa shape index (κ3) is 3.00. The smallest absolute Gasteiger partial charge is 0.255 e. The second-order valence-electron chi connectivity index (χ2n) is 3.49. The minimum Gasteiger partial charge on any atom is -0.506 e. The summed E-state index contributed by atoms with van der Waals surface area (Å²) in [5.41, 5.74) is 0.938. The van der Waals surface area contributed by atoms with Crippen molar-refractivity contribution >= 4 is 39.1 Å². The first-order valence-corrected chi connectivity index (χ1v) is 6.15. The maximum atomic E-state index is 11.9. The van der Waals surface area contributed by atoms with Crippen LogP contribution in [0, 0.1) is 0 Å². The van der Waals surface area contributed by atoms with E-state index in [0.717, 1.165) is 0 Å². The number of anilines is 1. The standard InChI is InChI=1S/C12H8BrClN2O2/c13-11-4-2-8(6-15-11)16-12(18)7-1-3-10(17)9(14)5-7/h1-6,17H,(H,16,18). The number of phenolic OH excluding ortho intramolecular Hbond substituents is 1. The number of nitrogens with zero attached hydrogens (tertiary/aromatic N) is 1. The highest BCUT2D eigenvalue weighted by molar-refractivity contribution is 9.10. The Morgan fingerprint density at radius 3 is 2.72 bits per heavy atom. The van der Waals surface area contributed by atoms with Gasteiger partial charge in [0.05, 0.1) is 16.9 Å². The Labute approximate surface area is 117 Å². The molecule has 1 amide bonds. The van der Waals surface area contributed by atoms with E-state index in [-0.39, 0.29) is 16.7 Å². The molecule has 0 aliphatic carbocycles. The lowest BCUT2D eigenvalue weighted by molar-refractivity contribution is 0.102. The number of aromatic hydroxyl groups is 1. The summed E-state index contributed by atoms with van der Waals surface area (Å²) in [4.78, 5) is 15.9. The van der Waals surface area contributed by atoms with E-state index in [4.69, 9.17) is 11.6 Å². The zero-order chi connectivity index (χ0) is 13.1. The number of carbonyl (C=O) groups excluding carboxylic acids is 1. The second-order valence-corrected chi connectivity index (χ2v) is 4.71. The number of amides is 1. The summed E-state index contributed by atoms with van der Waals surface area (Å²) < 4.78 is 0.688. The number of hydrogen-bond acceptors (Lipinski definition) is 3. The van der Waals surface area contributed by atoms with Gasteiger partial charge in [-0.05, 0) is 46.3 Å². The van der Waals surface area contributed by atoms with E-state index < -0.39 is 0 Å². The summed E-state index contributed by atoms with van der Waals surface area (Å²) in [7, 11) is 0. The van der Waals surface area contributed by atoms with E-state index >= 15 is 0 Å². The number of rotatable bonds is 2. The predicted octanol–water partition coefficient (Wildman–Crippen LogP) is 3.46. The van der Waals surface area contributed by atoms with Crippen LogP contribution in [-0.4, -0.2) is 16.0 Å². The van der Waals surface area contributed by atoms with Crippen molar-refractivity contribution in [2.24, 2.45) is 0 Å². The average Bonchev–Trinajstić information content (AvgIpc) is 2.35. The highest BCUT2D eigenvalue weighted by atomic mass is 79.9. The van der Waals surface area contributed by atoms with Crippen LogP contribution < -0.4 is 5.32 Å². The van der Waals surface area contributed by atoms with E-state index in [2.05, 4.69) is 26.2 Å². The van der Waals surface area contributed by atoms with Crippen LogP contribution in [0.4, 0.5) is 5.69 Å². The molecule has 0 atom stereocenters. The Morgan fingerprint density at radius 1 is 1.33 bits per heavy atom. The van der Waals surface area contributed by atoms with Crippen LogP contribution in [0.15, 0.2) is 41.1 Å². The van der Waals surface area contributed by atoms with Gasteiger partial charge in [-0.2, -0.15) is 0 Å². The molecule has 0 aliphatic rings. The van der Waals surface area contributed by atoms with Crippen molar-refractivity contribution in [2.45, 2.75) is 0 Å². The first-order valence-electron chi connectivity index (χ1n) is 4.97. The Bertz CT molecular complexity index is 587. The van der Waals surface area contributed by atoms with Crippen LogP contribution in [0.2, 0.25) is 5.02 Å². The van der Waals surface area contributed by atoms with Crippen LogP contribution in [0.25, 0.3) is 0 Å². The number of benzene rings is 1. The Hall–Kier alpha value is -1.59. The fraction of sp³-hybridized carbons (Fsp3) is 0. The monoisotopic (exact) mass is 326 g/mol. The summed E-state index contributed by atoms with van der Waals surface area (Å²) in [6.07, 6.45) is 1.53. The SMILES string of the molecule is O=C(Nc1ccc(Br)nc1)c1ccc(O)c(Cl)c1. The number of halogens is 2. The Balaban J connectivity index is 2.16. The van der Waals surface area contributed by atoms with Crippen LogP contribution >= 0.6 is 27.5 Å². The Morgan fingerprint density at radius 2 is 2.11 bits per heavy atom. The van der Waals surface area contributed by atoms with Crippen LogP contribution in [0.5, 0.6) is 5.75 Å². The second kappa shape index (κ2) is 5.37. The molecule has 0 bridgehead atoms. The molecule has 0 saturated carbocycles. The van der Waals surface area contributed by atoms with E-state index in [0.29, 0.717) is 15.9 Å². The van der Waals surface area contributed by atoms with Crippen molar-refractivity contribution in [1.29, 1.82) is 0 Å². The van der Waals surface area contributed by atoms with Gasteiger partial charge in [-0.15, -0.1) is 0 Å². The van der Waals surface area contributed by atoms with Gasteiger partial charge in [0.25, 0.3) is 5.91 Å². The molecule has 4 nitrogen and oxygen atoms in total. The lowest BCUT2D eigenvalue weighted by Gasteiger charge is -2.05. The maximum absolute atomic E-state index is 11.9. The molecule has 1 aromatic heterocycles. The van der Waals surface area contributed by atoms with Gasteiger partial charge in [-0.3, -0.25) is 4.79 Å². The average molecular weight is 328 g/mol. The third-order valence-electron chi connectivity index (χ3n) is 2.20. The molecule has 0 aliphatic heterocycles. The quantitative estimate of drug-likeness (QED) is 0.830. The van der Waals surface area contributed by atoms with Crippen molar-refractivity contribution in [2.75, 3.05) is 5.32 Å². The summed E-state index contributed by atoms with van der Waals surface area (Å²) in [5, 5.41) is 12.1. The molecule has 0 saturated heterocycles. The van der Waals surface area contributed by atoms with Crippen molar-refractivity contribution < 1.29 is 9.90 Å². The van der Waals surface area contributed by atoms with Crippen molar-refractivity contribution in [3.63, 3.8) is 0 Å². The van der Waals surface area contributed by atoms with Crippen LogP contribution in [-0.2, 0) is 0 Å². The molecule has 2 N–H and O–H groups in total. The van der Waals surface area contributed by atoms with Crippen molar-refractivity contribution in [1.82, 2.24) is 4.98 Å². The van der Waals surface area contributed by atoms with Gasteiger partial charge in [0.2, 0.25) is 0 Å². The van der Waals surface area contributed by atoms with Gasteiger partial charge in [-0.1, -0.05) is 11.6 Å².